The number of aromatic nitrogens is 2. The number of nitrogens with one attached hydrogen (secondary N) is 2. The number of ether oxygens (including phenoxy) is 1. The van der Waals surface area contributed by atoms with E-state index in [1.807, 2.05) is 6.26 Å². The molecule has 0 amide bonds. The quantitative estimate of drug-likeness (QED) is 0.230. The lowest BCUT2D eigenvalue weighted by molar-refractivity contribution is -0.143. The van der Waals surface area contributed by atoms with Gasteiger partial charge < -0.3 is 15.5 Å². The first-order valence-corrected chi connectivity index (χ1v) is 6.66. The molecule has 1 aromatic rings. The topological polar surface area (TPSA) is 102 Å². The summed E-state index contributed by atoms with van der Waals surface area (Å²) in [5, 5.41) is 3.50. The van der Waals surface area contributed by atoms with E-state index in [1.54, 1.807) is 19.9 Å². The van der Waals surface area contributed by atoms with Crippen LogP contribution in [0.15, 0.2) is 11.2 Å². The molecule has 0 saturated carbocycles. The maximum Gasteiger partial charge on any atom is 0.328 e. The van der Waals surface area contributed by atoms with Gasteiger partial charge in [0.05, 0.1) is 6.61 Å². The Balaban J connectivity index is 2.79. The second kappa shape index (κ2) is 7.02. The van der Waals surface area contributed by atoms with Crippen LogP contribution in [0, 0.1) is 0 Å². The molecule has 0 spiro atoms. The van der Waals surface area contributed by atoms with Crippen LogP contribution in [0.4, 0.5) is 11.6 Å². The van der Waals surface area contributed by atoms with Gasteiger partial charge in [0.1, 0.15) is 17.7 Å². The van der Waals surface area contributed by atoms with Crippen molar-refractivity contribution in [2.45, 2.75) is 25.0 Å². The molecule has 1 aromatic heterocycles. The Labute approximate surface area is 110 Å². The van der Waals surface area contributed by atoms with Crippen molar-refractivity contribution in [1.82, 2.24) is 9.97 Å². The summed E-state index contributed by atoms with van der Waals surface area (Å²) in [6.45, 7) is 3.81. The van der Waals surface area contributed by atoms with Gasteiger partial charge in [-0.15, -0.1) is 0 Å². The lowest BCUT2D eigenvalue weighted by Gasteiger charge is -2.14. The highest BCUT2D eigenvalue weighted by molar-refractivity contribution is 7.98. The Morgan fingerprint density at radius 3 is 2.78 bits per heavy atom. The number of thioether (sulfide) groups is 1. The normalized spacial score (nSPS) is 11.8. The van der Waals surface area contributed by atoms with Crippen LogP contribution in [0.25, 0.3) is 0 Å². The average molecular weight is 271 g/mol. The van der Waals surface area contributed by atoms with E-state index in [-0.39, 0.29) is 5.97 Å². The van der Waals surface area contributed by atoms with E-state index < -0.39 is 6.04 Å². The van der Waals surface area contributed by atoms with Crippen LogP contribution < -0.4 is 16.6 Å². The highest BCUT2D eigenvalue weighted by Gasteiger charge is 2.15. The van der Waals surface area contributed by atoms with Gasteiger partial charge in [-0.05, 0) is 20.1 Å². The van der Waals surface area contributed by atoms with E-state index in [9.17, 15) is 4.79 Å². The van der Waals surface area contributed by atoms with Gasteiger partial charge in [-0.25, -0.2) is 20.6 Å². The molecule has 1 heterocycles. The second-order valence-electron chi connectivity index (χ2n) is 3.39. The zero-order valence-corrected chi connectivity index (χ0v) is 11.4. The predicted molar refractivity (Wildman–Crippen MR) is 71.3 cm³/mol. The van der Waals surface area contributed by atoms with Crippen molar-refractivity contribution < 1.29 is 9.53 Å². The summed E-state index contributed by atoms with van der Waals surface area (Å²) in [7, 11) is 0. The molecule has 4 N–H and O–H groups in total. The molecule has 1 rings (SSSR count). The first-order valence-electron chi connectivity index (χ1n) is 5.43. The van der Waals surface area contributed by atoms with E-state index in [0.29, 0.717) is 23.4 Å². The number of esters is 1. The molecule has 100 valence electrons. The van der Waals surface area contributed by atoms with Crippen molar-refractivity contribution in [3.8, 4) is 0 Å². The SMILES string of the molecule is CCOC(=O)C(C)Nc1cc(NN)nc(SC)n1. The monoisotopic (exact) mass is 271 g/mol. The van der Waals surface area contributed by atoms with Crippen molar-refractivity contribution in [2.24, 2.45) is 5.84 Å². The van der Waals surface area contributed by atoms with Gasteiger partial charge in [0.25, 0.3) is 0 Å². The maximum absolute atomic E-state index is 11.5. The van der Waals surface area contributed by atoms with Crippen LogP contribution in [-0.2, 0) is 9.53 Å². The maximum atomic E-state index is 11.5. The van der Waals surface area contributed by atoms with Gasteiger partial charge in [-0.3, -0.25) is 0 Å². The van der Waals surface area contributed by atoms with E-state index >= 15 is 0 Å². The Morgan fingerprint density at radius 2 is 2.22 bits per heavy atom. The molecule has 0 aromatic carbocycles. The molecule has 18 heavy (non-hydrogen) atoms. The van der Waals surface area contributed by atoms with E-state index in [2.05, 4.69) is 20.7 Å². The van der Waals surface area contributed by atoms with Crippen LogP contribution >= 0.6 is 11.8 Å². The Morgan fingerprint density at radius 1 is 1.56 bits per heavy atom. The molecule has 7 nitrogen and oxygen atoms in total. The lowest BCUT2D eigenvalue weighted by Crippen LogP contribution is -2.28. The van der Waals surface area contributed by atoms with Crippen LogP contribution in [0.5, 0.6) is 0 Å². The minimum Gasteiger partial charge on any atom is -0.464 e. The summed E-state index contributed by atoms with van der Waals surface area (Å²) in [6.07, 6.45) is 1.86. The molecular formula is C10H17N5O2S. The largest absolute Gasteiger partial charge is 0.464 e. The summed E-state index contributed by atoms with van der Waals surface area (Å²) >= 11 is 1.38. The molecule has 0 aliphatic heterocycles. The minimum absolute atomic E-state index is 0.330. The number of hydrogen-bond acceptors (Lipinski definition) is 8. The van der Waals surface area contributed by atoms with E-state index in [4.69, 9.17) is 10.6 Å². The number of nitrogens with two attached hydrogens (primary N) is 1. The standard InChI is InChI=1S/C10H17N5O2S/c1-4-17-9(16)6(2)12-7-5-8(15-11)14-10(13-7)18-3/h5-6H,4,11H2,1-3H3,(H2,12,13,14,15). The van der Waals surface area contributed by atoms with E-state index in [0.717, 1.165) is 0 Å². The van der Waals surface area contributed by atoms with Gasteiger partial charge in [-0.1, -0.05) is 11.8 Å². The lowest BCUT2D eigenvalue weighted by atomic mass is 10.3. The number of hydrazine groups is 1. The third-order valence-electron chi connectivity index (χ3n) is 2.04. The fraction of sp³-hybridized carbons (Fsp3) is 0.500. The molecule has 0 bridgehead atoms. The molecule has 0 aliphatic rings. The highest BCUT2D eigenvalue weighted by Crippen LogP contribution is 2.17. The van der Waals surface area contributed by atoms with Gasteiger partial charge >= 0.3 is 5.97 Å². The first kappa shape index (κ1) is 14.5. The predicted octanol–water partition coefficient (Wildman–Crippen LogP) is 0.848. The minimum atomic E-state index is -0.486. The highest BCUT2D eigenvalue weighted by atomic mass is 32.2. The number of carbonyl (C=O) groups excluding carboxylic acids is 1. The number of rotatable bonds is 6. The number of nitrogen functional groups attached to an aromatic ring is 1. The van der Waals surface area contributed by atoms with Crippen molar-refractivity contribution in [3.63, 3.8) is 0 Å². The average Bonchev–Trinajstić information content (AvgIpc) is 2.38. The van der Waals surface area contributed by atoms with Crippen molar-refractivity contribution in [1.29, 1.82) is 0 Å². The third kappa shape index (κ3) is 4.04. The summed E-state index contributed by atoms with van der Waals surface area (Å²) in [5.41, 5.74) is 2.45. The molecule has 1 atom stereocenters. The zero-order chi connectivity index (χ0) is 13.5. The summed E-state index contributed by atoms with van der Waals surface area (Å²) in [6, 6.07) is 1.13. The Hall–Kier alpha value is -1.54. The fourth-order valence-electron chi connectivity index (χ4n) is 1.21. The molecular weight excluding hydrogens is 254 g/mol. The van der Waals surface area contributed by atoms with Crippen LogP contribution in [-0.4, -0.2) is 34.8 Å². The van der Waals surface area contributed by atoms with Crippen molar-refractivity contribution in [3.05, 3.63) is 6.07 Å². The molecule has 0 saturated heterocycles. The van der Waals surface area contributed by atoms with Crippen LogP contribution in [0.2, 0.25) is 0 Å². The fourth-order valence-corrected chi connectivity index (χ4v) is 1.59. The number of anilines is 2. The molecule has 0 aliphatic carbocycles. The Kier molecular flexibility index (Phi) is 5.66. The molecule has 8 heteroatoms. The number of carbonyl (C=O) groups is 1. The van der Waals surface area contributed by atoms with Gasteiger partial charge in [0.15, 0.2) is 5.16 Å². The molecule has 0 fully saturated rings. The smallest absolute Gasteiger partial charge is 0.328 e. The second-order valence-corrected chi connectivity index (χ2v) is 4.16. The molecule has 1 unspecified atom stereocenters. The number of hydrogen-bond donors (Lipinski definition) is 3. The third-order valence-corrected chi connectivity index (χ3v) is 2.59. The van der Waals surface area contributed by atoms with Gasteiger partial charge in [-0.2, -0.15) is 0 Å². The van der Waals surface area contributed by atoms with Crippen molar-refractivity contribution >= 4 is 29.4 Å². The van der Waals surface area contributed by atoms with Gasteiger partial charge in [0, 0.05) is 6.07 Å². The van der Waals surface area contributed by atoms with E-state index in [1.165, 1.54) is 11.8 Å². The summed E-state index contributed by atoms with van der Waals surface area (Å²) in [4.78, 5) is 19.8. The van der Waals surface area contributed by atoms with Crippen molar-refractivity contribution in [2.75, 3.05) is 23.6 Å². The number of nitrogens with zero attached hydrogens (tertiary/aromatic N) is 2. The summed E-state index contributed by atoms with van der Waals surface area (Å²) in [5.74, 6) is 5.98. The molecule has 0 radical (unpaired) electrons. The first-order chi connectivity index (χ1) is 8.60. The Bertz CT molecular complexity index is 393. The van der Waals surface area contributed by atoms with Crippen LogP contribution in [0.3, 0.4) is 0 Å². The zero-order valence-electron chi connectivity index (χ0n) is 10.6. The van der Waals surface area contributed by atoms with Crippen LogP contribution in [0.1, 0.15) is 13.8 Å². The summed E-state index contributed by atoms with van der Waals surface area (Å²) < 4.78 is 4.90. The van der Waals surface area contributed by atoms with Gasteiger partial charge in [0.2, 0.25) is 0 Å².